The number of halogens is 2. The largest absolute Gasteiger partial charge is 1.00 e. The molecule has 0 saturated heterocycles. The van der Waals surface area contributed by atoms with Crippen LogP contribution in [0.1, 0.15) is 11.1 Å². The average Bonchev–Trinajstić information content (AvgIpc) is 2.87. The van der Waals surface area contributed by atoms with E-state index in [9.17, 15) is 0 Å². The van der Waals surface area contributed by atoms with E-state index in [1.54, 1.807) is 0 Å². The molecule has 1 aromatic carbocycles. The van der Waals surface area contributed by atoms with E-state index >= 15 is 0 Å². The zero-order valence-electron chi connectivity index (χ0n) is 18.5. The first-order chi connectivity index (χ1) is 15.8. The summed E-state index contributed by atoms with van der Waals surface area (Å²) in [5.74, 6) is 0. The van der Waals surface area contributed by atoms with Crippen molar-refractivity contribution in [2.45, 2.75) is 13.1 Å². The first-order valence-electron chi connectivity index (χ1n) is 10.7. The van der Waals surface area contributed by atoms with Crippen molar-refractivity contribution in [2.24, 2.45) is 0 Å². The van der Waals surface area contributed by atoms with E-state index in [1.807, 2.05) is 49.1 Å². The lowest BCUT2D eigenvalue weighted by Gasteiger charge is -2.06. The Morgan fingerprint density at radius 2 is 0.765 bits per heavy atom. The molecule has 0 radical (unpaired) electrons. The van der Waals surface area contributed by atoms with Gasteiger partial charge in [-0.05, 0) is 46.5 Å². The molecule has 0 fully saturated rings. The highest BCUT2D eigenvalue weighted by molar-refractivity contribution is 5.62. The van der Waals surface area contributed by atoms with Crippen LogP contribution in [0.5, 0.6) is 0 Å². The summed E-state index contributed by atoms with van der Waals surface area (Å²) in [6.07, 6.45) is 15.9. The third-order valence-electron chi connectivity index (χ3n) is 5.63. The summed E-state index contributed by atoms with van der Waals surface area (Å²) in [5.41, 5.74) is 7.39. The van der Waals surface area contributed by atoms with E-state index in [2.05, 4.69) is 92.4 Å². The number of pyridine rings is 4. The van der Waals surface area contributed by atoms with Gasteiger partial charge in [-0.1, -0.05) is 24.3 Å². The lowest BCUT2D eigenvalue weighted by molar-refractivity contribution is -0.693. The van der Waals surface area contributed by atoms with Gasteiger partial charge in [0.1, 0.15) is 0 Å². The Morgan fingerprint density at radius 1 is 0.441 bits per heavy atom. The van der Waals surface area contributed by atoms with E-state index in [-0.39, 0.29) is 34.0 Å². The molecule has 0 bridgehead atoms. The molecule has 0 atom stereocenters. The molecule has 34 heavy (non-hydrogen) atoms. The van der Waals surface area contributed by atoms with Crippen LogP contribution in [0, 0.1) is 0 Å². The Morgan fingerprint density at radius 3 is 1.12 bits per heavy atom. The van der Waals surface area contributed by atoms with E-state index in [0.29, 0.717) is 0 Å². The fourth-order valence-electron chi connectivity index (χ4n) is 3.86. The minimum atomic E-state index is 0. The van der Waals surface area contributed by atoms with Gasteiger partial charge in [-0.15, -0.1) is 0 Å². The zero-order chi connectivity index (χ0) is 21.6. The summed E-state index contributed by atoms with van der Waals surface area (Å²) >= 11 is 0. The first-order valence-corrected chi connectivity index (χ1v) is 10.7. The van der Waals surface area contributed by atoms with Crippen molar-refractivity contribution < 1.29 is 43.1 Å². The number of hydrogen-bond donors (Lipinski definition) is 0. The standard InChI is InChI=1S/C28H24N4.2BrH/c1-2-4-28(22-32-19-11-26(12-20-32)24-7-15-30-16-8-24)27(3-1)21-31-17-9-25(10-18-31)23-5-13-29-14-6-23;;/h1-20H,21-22H2;2*1H/q+2;;/p-2. The molecule has 170 valence electrons. The third kappa shape index (κ3) is 6.22. The predicted molar refractivity (Wildman–Crippen MR) is 124 cm³/mol. The van der Waals surface area contributed by atoms with E-state index < -0.39 is 0 Å². The molecule has 0 spiro atoms. The molecule has 0 saturated carbocycles. The Bertz CT molecular complexity index is 1190. The van der Waals surface area contributed by atoms with Crippen LogP contribution >= 0.6 is 0 Å². The molecule has 0 aliphatic carbocycles. The second-order valence-electron chi connectivity index (χ2n) is 7.76. The van der Waals surface area contributed by atoms with Gasteiger partial charge in [0.05, 0.1) is 0 Å². The molecule has 0 aliphatic rings. The van der Waals surface area contributed by atoms with Gasteiger partial charge >= 0.3 is 0 Å². The average molecular weight is 576 g/mol. The van der Waals surface area contributed by atoms with Gasteiger partial charge in [0.25, 0.3) is 0 Å². The maximum absolute atomic E-state index is 4.10. The second kappa shape index (κ2) is 12.3. The first kappa shape index (κ1) is 25.4. The van der Waals surface area contributed by atoms with Crippen LogP contribution in [0.2, 0.25) is 0 Å². The molecular weight excluding hydrogens is 552 g/mol. The van der Waals surface area contributed by atoms with E-state index in [1.165, 1.54) is 33.4 Å². The molecular formula is C28H24Br2N4. The van der Waals surface area contributed by atoms with Gasteiger partial charge in [-0.25, -0.2) is 9.13 Å². The highest BCUT2D eigenvalue weighted by Gasteiger charge is 2.12. The van der Waals surface area contributed by atoms with Crippen LogP contribution in [0.3, 0.4) is 0 Å². The number of aromatic nitrogens is 4. The van der Waals surface area contributed by atoms with Crippen molar-refractivity contribution >= 4 is 0 Å². The molecule has 5 rings (SSSR count). The molecule has 0 unspecified atom stereocenters. The summed E-state index contributed by atoms with van der Waals surface area (Å²) in [6.45, 7) is 1.67. The zero-order valence-corrected chi connectivity index (χ0v) is 21.7. The minimum Gasteiger partial charge on any atom is -1.00 e. The topological polar surface area (TPSA) is 33.5 Å². The van der Waals surface area contributed by atoms with Crippen molar-refractivity contribution in [1.29, 1.82) is 0 Å². The summed E-state index contributed by atoms with van der Waals surface area (Å²) < 4.78 is 4.45. The Kier molecular flexibility index (Phi) is 9.19. The van der Waals surface area contributed by atoms with Gasteiger partial charge < -0.3 is 34.0 Å². The second-order valence-corrected chi connectivity index (χ2v) is 7.76. The van der Waals surface area contributed by atoms with Crippen LogP contribution in [0.25, 0.3) is 22.3 Å². The smallest absolute Gasteiger partial charge is 0.174 e. The number of benzene rings is 1. The fraction of sp³-hybridized carbons (Fsp3) is 0.0714. The highest BCUT2D eigenvalue weighted by Crippen LogP contribution is 2.17. The molecule has 4 nitrogen and oxygen atoms in total. The van der Waals surface area contributed by atoms with Crippen LogP contribution in [-0.4, -0.2) is 9.97 Å². The summed E-state index contributed by atoms with van der Waals surface area (Å²) in [6, 6.07) is 25.4. The van der Waals surface area contributed by atoms with Crippen molar-refractivity contribution in [2.75, 3.05) is 0 Å². The summed E-state index contributed by atoms with van der Waals surface area (Å²) in [4.78, 5) is 8.20. The number of hydrogen-bond acceptors (Lipinski definition) is 2. The Labute approximate surface area is 221 Å². The van der Waals surface area contributed by atoms with Gasteiger partial charge in [0.15, 0.2) is 37.9 Å². The Balaban J connectivity index is 0.00000162. The third-order valence-corrected chi connectivity index (χ3v) is 5.63. The van der Waals surface area contributed by atoms with Crippen LogP contribution in [-0.2, 0) is 13.1 Å². The van der Waals surface area contributed by atoms with Gasteiger partial charge in [-0.2, -0.15) is 0 Å². The van der Waals surface area contributed by atoms with Crippen LogP contribution in [0.15, 0.2) is 122 Å². The van der Waals surface area contributed by atoms with Crippen molar-refractivity contribution in [3.05, 3.63) is 133 Å². The van der Waals surface area contributed by atoms with Gasteiger partial charge in [0.2, 0.25) is 0 Å². The SMILES string of the molecule is [Br-].[Br-].c1ccc(C[n+]2ccc(-c3ccncc3)cc2)c(C[n+]2ccc(-c3ccncc3)cc2)c1. The molecule has 0 amide bonds. The highest BCUT2D eigenvalue weighted by atomic mass is 79.9. The van der Waals surface area contributed by atoms with E-state index in [0.717, 1.165) is 13.1 Å². The van der Waals surface area contributed by atoms with Crippen molar-refractivity contribution in [1.82, 2.24) is 9.97 Å². The lowest BCUT2D eigenvalue weighted by Crippen LogP contribution is -3.00. The van der Waals surface area contributed by atoms with Gasteiger partial charge in [0, 0.05) is 60.2 Å². The van der Waals surface area contributed by atoms with Crippen molar-refractivity contribution in [3.8, 4) is 22.3 Å². The van der Waals surface area contributed by atoms with E-state index in [4.69, 9.17) is 0 Å². The molecule has 4 aromatic heterocycles. The predicted octanol–water partition coefficient (Wildman–Crippen LogP) is -1.51. The normalized spacial score (nSPS) is 10.1. The fourth-order valence-corrected chi connectivity index (χ4v) is 3.86. The number of rotatable bonds is 6. The molecule has 4 heterocycles. The molecule has 6 heteroatoms. The molecule has 5 aromatic rings. The maximum Gasteiger partial charge on any atom is 0.174 e. The lowest BCUT2D eigenvalue weighted by atomic mass is 10.1. The Hall–Kier alpha value is -3.22. The summed E-state index contributed by atoms with van der Waals surface area (Å²) in [5, 5.41) is 0. The molecule has 0 aliphatic heterocycles. The van der Waals surface area contributed by atoms with Crippen LogP contribution in [0.4, 0.5) is 0 Å². The summed E-state index contributed by atoms with van der Waals surface area (Å²) in [7, 11) is 0. The van der Waals surface area contributed by atoms with Gasteiger partial charge in [-0.3, -0.25) is 9.97 Å². The number of nitrogens with zero attached hydrogens (tertiary/aromatic N) is 4. The quantitative estimate of drug-likeness (QED) is 0.231. The minimum absolute atomic E-state index is 0. The molecule has 0 N–H and O–H groups in total. The van der Waals surface area contributed by atoms with Crippen molar-refractivity contribution in [3.63, 3.8) is 0 Å². The van der Waals surface area contributed by atoms with Crippen LogP contribution < -0.4 is 43.1 Å². The maximum atomic E-state index is 4.10. The monoisotopic (exact) mass is 574 g/mol.